The van der Waals surface area contributed by atoms with Crippen molar-refractivity contribution in [3.05, 3.63) is 57.6 Å². The highest BCUT2D eigenvalue weighted by molar-refractivity contribution is 6.40. The Balaban J connectivity index is 1.85. The van der Waals surface area contributed by atoms with Crippen molar-refractivity contribution in [2.45, 2.75) is 12.8 Å². The molecule has 5 heteroatoms. The van der Waals surface area contributed by atoms with Crippen LogP contribution in [0.25, 0.3) is 0 Å². The van der Waals surface area contributed by atoms with Crippen molar-refractivity contribution in [1.29, 1.82) is 0 Å². The molecule has 21 heavy (non-hydrogen) atoms. The van der Waals surface area contributed by atoms with Crippen molar-refractivity contribution in [2.75, 3.05) is 17.2 Å². The molecule has 2 N–H and O–H groups in total. The number of halogens is 2. The zero-order chi connectivity index (χ0) is 14.8. The highest BCUT2D eigenvalue weighted by Gasteiger charge is 2.15. The molecule has 3 nitrogen and oxygen atoms in total. The van der Waals surface area contributed by atoms with Crippen LogP contribution in [0.1, 0.15) is 22.3 Å². The molecule has 0 aromatic heterocycles. The monoisotopic (exact) mass is 320 g/mol. The quantitative estimate of drug-likeness (QED) is 0.848. The maximum absolute atomic E-state index is 12.3. The van der Waals surface area contributed by atoms with Crippen molar-refractivity contribution < 1.29 is 4.79 Å². The van der Waals surface area contributed by atoms with Crippen LogP contribution < -0.4 is 10.6 Å². The van der Waals surface area contributed by atoms with E-state index in [4.69, 9.17) is 23.2 Å². The van der Waals surface area contributed by atoms with Gasteiger partial charge in [0.2, 0.25) is 0 Å². The average molecular weight is 321 g/mol. The SMILES string of the molecule is O=C(Nc1ccc2c(c1)CCCN2)c1c(Cl)cccc1Cl. The van der Waals surface area contributed by atoms with Gasteiger partial charge in [-0.1, -0.05) is 29.3 Å². The number of amides is 1. The van der Waals surface area contributed by atoms with Crippen LogP contribution in [0, 0.1) is 0 Å². The van der Waals surface area contributed by atoms with E-state index in [1.165, 1.54) is 5.56 Å². The summed E-state index contributed by atoms with van der Waals surface area (Å²) in [6.07, 6.45) is 2.11. The maximum atomic E-state index is 12.3. The van der Waals surface area contributed by atoms with Gasteiger partial charge in [0.05, 0.1) is 15.6 Å². The van der Waals surface area contributed by atoms with Gasteiger partial charge in [-0.2, -0.15) is 0 Å². The highest BCUT2D eigenvalue weighted by atomic mass is 35.5. The lowest BCUT2D eigenvalue weighted by Gasteiger charge is -2.19. The van der Waals surface area contributed by atoms with Gasteiger partial charge in [0.15, 0.2) is 0 Å². The molecular formula is C16H14Cl2N2O. The minimum atomic E-state index is -0.297. The summed E-state index contributed by atoms with van der Waals surface area (Å²) in [6.45, 7) is 0.994. The highest BCUT2D eigenvalue weighted by Crippen LogP contribution is 2.28. The molecule has 0 fully saturated rings. The Morgan fingerprint density at radius 1 is 1.14 bits per heavy atom. The van der Waals surface area contributed by atoms with Crippen LogP contribution in [-0.2, 0) is 6.42 Å². The van der Waals surface area contributed by atoms with Gasteiger partial charge in [0, 0.05) is 17.9 Å². The number of aryl methyl sites for hydroxylation is 1. The summed E-state index contributed by atoms with van der Waals surface area (Å²) < 4.78 is 0. The summed E-state index contributed by atoms with van der Waals surface area (Å²) in [4.78, 5) is 12.3. The van der Waals surface area contributed by atoms with Crippen molar-refractivity contribution in [3.8, 4) is 0 Å². The van der Waals surface area contributed by atoms with Gasteiger partial charge in [-0.3, -0.25) is 4.79 Å². The van der Waals surface area contributed by atoms with Crippen LogP contribution in [0.5, 0.6) is 0 Å². The Morgan fingerprint density at radius 3 is 2.67 bits per heavy atom. The third-order valence-corrected chi connectivity index (χ3v) is 4.12. The molecule has 0 saturated carbocycles. The van der Waals surface area contributed by atoms with E-state index in [2.05, 4.69) is 10.6 Å². The summed E-state index contributed by atoms with van der Waals surface area (Å²) in [7, 11) is 0. The Labute approximate surface area is 133 Å². The summed E-state index contributed by atoms with van der Waals surface area (Å²) in [5, 5.41) is 6.89. The molecule has 1 amide bonds. The Kier molecular flexibility index (Phi) is 4.04. The molecule has 0 bridgehead atoms. The van der Waals surface area contributed by atoms with Crippen molar-refractivity contribution in [2.24, 2.45) is 0 Å². The predicted octanol–water partition coefficient (Wildman–Crippen LogP) is 4.60. The second-order valence-corrected chi connectivity index (χ2v) is 5.77. The lowest BCUT2D eigenvalue weighted by atomic mass is 10.0. The lowest BCUT2D eigenvalue weighted by Crippen LogP contribution is -2.15. The Morgan fingerprint density at radius 2 is 1.90 bits per heavy atom. The number of carbonyl (C=O) groups is 1. The van der Waals surface area contributed by atoms with Gasteiger partial charge in [0.25, 0.3) is 5.91 Å². The number of hydrogen-bond donors (Lipinski definition) is 2. The number of rotatable bonds is 2. The molecule has 0 unspecified atom stereocenters. The third kappa shape index (κ3) is 2.99. The molecule has 0 spiro atoms. The summed E-state index contributed by atoms with van der Waals surface area (Å²) >= 11 is 12.1. The lowest BCUT2D eigenvalue weighted by molar-refractivity contribution is 0.102. The normalized spacial score (nSPS) is 13.2. The molecule has 2 aromatic rings. The van der Waals surface area contributed by atoms with Gasteiger partial charge in [-0.05, 0) is 48.7 Å². The molecule has 3 rings (SSSR count). The van der Waals surface area contributed by atoms with Gasteiger partial charge in [0.1, 0.15) is 0 Å². The fraction of sp³-hybridized carbons (Fsp3) is 0.188. The summed E-state index contributed by atoms with van der Waals surface area (Å²) in [5.41, 5.74) is 3.40. The second-order valence-electron chi connectivity index (χ2n) is 4.95. The van der Waals surface area contributed by atoms with Crippen LogP contribution in [0.15, 0.2) is 36.4 Å². The predicted molar refractivity (Wildman–Crippen MR) is 87.7 cm³/mol. The zero-order valence-corrected chi connectivity index (χ0v) is 12.8. The van der Waals surface area contributed by atoms with Crippen LogP contribution in [0.4, 0.5) is 11.4 Å². The van der Waals surface area contributed by atoms with Crippen molar-refractivity contribution in [1.82, 2.24) is 0 Å². The molecule has 1 heterocycles. The topological polar surface area (TPSA) is 41.1 Å². The first-order valence-corrected chi connectivity index (χ1v) is 7.53. The molecule has 0 saturated heterocycles. The number of nitrogens with one attached hydrogen (secondary N) is 2. The third-order valence-electron chi connectivity index (χ3n) is 3.49. The molecule has 0 radical (unpaired) electrons. The minimum Gasteiger partial charge on any atom is -0.385 e. The van der Waals surface area contributed by atoms with Gasteiger partial charge >= 0.3 is 0 Å². The van der Waals surface area contributed by atoms with E-state index < -0.39 is 0 Å². The van der Waals surface area contributed by atoms with E-state index in [1.54, 1.807) is 18.2 Å². The van der Waals surface area contributed by atoms with Crippen molar-refractivity contribution >= 4 is 40.5 Å². The van der Waals surface area contributed by atoms with Gasteiger partial charge < -0.3 is 10.6 Å². The van der Waals surface area contributed by atoms with Crippen LogP contribution >= 0.6 is 23.2 Å². The zero-order valence-electron chi connectivity index (χ0n) is 11.2. The number of fused-ring (bicyclic) bond motifs is 1. The first kappa shape index (κ1) is 14.2. The average Bonchev–Trinajstić information content (AvgIpc) is 2.47. The molecule has 0 aliphatic carbocycles. The largest absolute Gasteiger partial charge is 0.385 e. The standard InChI is InChI=1S/C16H14Cl2N2O/c17-12-4-1-5-13(18)15(12)16(21)20-11-6-7-14-10(9-11)3-2-8-19-14/h1,4-7,9,19H,2-3,8H2,(H,20,21). The van der Waals surface area contributed by atoms with Gasteiger partial charge in [-0.25, -0.2) is 0 Å². The van der Waals surface area contributed by atoms with E-state index in [0.717, 1.165) is 30.8 Å². The van der Waals surface area contributed by atoms with Crippen LogP contribution in [0.2, 0.25) is 10.0 Å². The second kappa shape index (κ2) is 5.96. The molecule has 2 aromatic carbocycles. The van der Waals surface area contributed by atoms with Crippen molar-refractivity contribution in [3.63, 3.8) is 0 Å². The molecule has 1 aliphatic heterocycles. The van der Waals surface area contributed by atoms with E-state index in [9.17, 15) is 4.79 Å². The van der Waals surface area contributed by atoms with Crippen LogP contribution in [-0.4, -0.2) is 12.5 Å². The fourth-order valence-corrected chi connectivity index (χ4v) is 3.03. The van der Waals surface area contributed by atoms with Gasteiger partial charge in [-0.15, -0.1) is 0 Å². The number of benzene rings is 2. The number of anilines is 2. The first-order valence-electron chi connectivity index (χ1n) is 6.77. The molecule has 0 atom stereocenters. The smallest absolute Gasteiger partial charge is 0.258 e. The maximum Gasteiger partial charge on any atom is 0.258 e. The number of carbonyl (C=O) groups excluding carboxylic acids is 1. The van der Waals surface area contributed by atoms with E-state index in [1.807, 2.05) is 18.2 Å². The molecular weight excluding hydrogens is 307 g/mol. The Bertz CT molecular complexity index is 680. The molecule has 108 valence electrons. The Hall–Kier alpha value is -1.71. The summed E-state index contributed by atoms with van der Waals surface area (Å²) in [6, 6.07) is 10.9. The molecule has 1 aliphatic rings. The first-order chi connectivity index (χ1) is 10.1. The van der Waals surface area contributed by atoms with E-state index >= 15 is 0 Å². The van der Waals surface area contributed by atoms with E-state index in [-0.39, 0.29) is 5.91 Å². The van der Waals surface area contributed by atoms with Crippen LogP contribution in [0.3, 0.4) is 0 Å². The summed E-state index contributed by atoms with van der Waals surface area (Å²) in [5.74, 6) is -0.297. The number of hydrogen-bond acceptors (Lipinski definition) is 2. The van der Waals surface area contributed by atoms with E-state index in [0.29, 0.717) is 15.6 Å². The minimum absolute atomic E-state index is 0.297. The fourth-order valence-electron chi connectivity index (χ4n) is 2.46.